The topological polar surface area (TPSA) is 33.7 Å². The van der Waals surface area contributed by atoms with Crippen molar-refractivity contribution in [3.8, 4) is 0 Å². The second kappa shape index (κ2) is 6.27. The SMILES string of the molecule is C1COCCC(N2CC[C@@H](OC3CCC4=C3NCC4)C2)C1. The highest BCUT2D eigenvalue weighted by atomic mass is 16.5. The second-order valence-corrected chi connectivity index (χ2v) is 6.96. The smallest absolute Gasteiger partial charge is 0.0976 e. The van der Waals surface area contributed by atoms with Crippen molar-refractivity contribution in [2.24, 2.45) is 0 Å². The number of rotatable bonds is 3. The maximum atomic E-state index is 6.45. The fourth-order valence-corrected chi connectivity index (χ4v) is 4.48. The molecule has 3 aliphatic heterocycles. The molecule has 1 N–H and O–H groups in total. The standard InChI is InChI=1S/C17H28N2O2/c1-2-14(7-11-20-10-1)19-9-6-15(12-19)21-16-4-3-13-5-8-18-17(13)16/h14-16,18H,1-12H2/t14?,15-,16?/m1/s1. The number of nitrogens with one attached hydrogen (secondary N) is 1. The lowest BCUT2D eigenvalue weighted by molar-refractivity contribution is 0.00830. The minimum atomic E-state index is 0.366. The van der Waals surface area contributed by atoms with Gasteiger partial charge in [-0.1, -0.05) is 0 Å². The Kier molecular flexibility index (Phi) is 4.19. The third kappa shape index (κ3) is 2.99. The maximum Gasteiger partial charge on any atom is 0.0976 e. The largest absolute Gasteiger partial charge is 0.386 e. The summed E-state index contributed by atoms with van der Waals surface area (Å²) in [5, 5.41) is 3.55. The average molecular weight is 292 g/mol. The molecule has 4 nitrogen and oxygen atoms in total. The first-order valence-corrected chi connectivity index (χ1v) is 8.83. The Morgan fingerprint density at radius 1 is 1.10 bits per heavy atom. The van der Waals surface area contributed by atoms with Crippen LogP contribution in [0.3, 0.4) is 0 Å². The summed E-state index contributed by atoms with van der Waals surface area (Å²) in [5.41, 5.74) is 3.08. The number of hydrogen-bond acceptors (Lipinski definition) is 4. The summed E-state index contributed by atoms with van der Waals surface area (Å²) in [6.45, 7) is 5.36. The van der Waals surface area contributed by atoms with Gasteiger partial charge in [-0.05, 0) is 50.5 Å². The molecule has 0 aromatic carbocycles. The van der Waals surface area contributed by atoms with Gasteiger partial charge in [0.2, 0.25) is 0 Å². The molecule has 3 heterocycles. The van der Waals surface area contributed by atoms with E-state index in [1.54, 1.807) is 5.57 Å². The fourth-order valence-electron chi connectivity index (χ4n) is 4.48. The van der Waals surface area contributed by atoms with E-state index in [1.165, 1.54) is 57.2 Å². The van der Waals surface area contributed by atoms with Crippen LogP contribution in [0, 0.1) is 0 Å². The highest BCUT2D eigenvalue weighted by Gasteiger charge is 2.35. The molecule has 4 aliphatic rings. The molecule has 2 saturated heterocycles. The molecular weight excluding hydrogens is 264 g/mol. The Hall–Kier alpha value is -0.580. The van der Waals surface area contributed by atoms with Crippen LogP contribution in [0.15, 0.2) is 11.3 Å². The Bertz CT molecular complexity index is 402. The van der Waals surface area contributed by atoms with Crippen molar-refractivity contribution in [2.75, 3.05) is 32.8 Å². The fraction of sp³-hybridized carbons (Fsp3) is 0.882. The molecule has 2 fully saturated rings. The molecule has 4 rings (SSSR count). The van der Waals surface area contributed by atoms with Crippen LogP contribution in [0.5, 0.6) is 0 Å². The predicted octanol–water partition coefficient (Wildman–Crippen LogP) is 2.06. The average Bonchev–Trinajstić information content (AvgIpc) is 3.15. The Morgan fingerprint density at radius 2 is 2.10 bits per heavy atom. The van der Waals surface area contributed by atoms with E-state index in [-0.39, 0.29) is 0 Å². The maximum absolute atomic E-state index is 6.45. The molecule has 1 aliphatic carbocycles. The van der Waals surface area contributed by atoms with Crippen molar-refractivity contribution in [3.05, 3.63) is 11.3 Å². The number of ether oxygens (including phenoxy) is 2. The van der Waals surface area contributed by atoms with Crippen molar-refractivity contribution >= 4 is 0 Å². The molecule has 0 spiro atoms. The molecule has 0 bridgehead atoms. The van der Waals surface area contributed by atoms with E-state index in [0.717, 1.165) is 32.3 Å². The summed E-state index contributed by atoms with van der Waals surface area (Å²) in [4.78, 5) is 2.66. The summed E-state index contributed by atoms with van der Waals surface area (Å²) in [5.74, 6) is 0. The molecule has 0 aromatic rings. The van der Waals surface area contributed by atoms with Crippen LogP contribution in [-0.2, 0) is 9.47 Å². The summed E-state index contributed by atoms with van der Waals surface area (Å²) >= 11 is 0. The summed E-state index contributed by atoms with van der Waals surface area (Å²) < 4.78 is 12.0. The first kappa shape index (κ1) is 14.0. The van der Waals surface area contributed by atoms with Crippen LogP contribution >= 0.6 is 0 Å². The van der Waals surface area contributed by atoms with Gasteiger partial charge in [0.15, 0.2) is 0 Å². The quantitative estimate of drug-likeness (QED) is 0.863. The first-order valence-electron chi connectivity index (χ1n) is 8.83. The van der Waals surface area contributed by atoms with Gasteiger partial charge in [0, 0.05) is 44.6 Å². The van der Waals surface area contributed by atoms with Gasteiger partial charge in [0.1, 0.15) is 0 Å². The molecule has 0 radical (unpaired) electrons. The third-order valence-electron chi connectivity index (χ3n) is 5.62. The Morgan fingerprint density at radius 3 is 3.10 bits per heavy atom. The lowest BCUT2D eigenvalue weighted by Crippen LogP contribution is -2.35. The van der Waals surface area contributed by atoms with E-state index >= 15 is 0 Å². The van der Waals surface area contributed by atoms with E-state index in [4.69, 9.17) is 9.47 Å². The highest BCUT2D eigenvalue weighted by Crippen LogP contribution is 2.34. The van der Waals surface area contributed by atoms with Gasteiger partial charge in [-0.25, -0.2) is 0 Å². The normalized spacial score (nSPS) is 37.6. The third-order valence-corrected chi connectivity index (χ3v) is 5.62. The Labute approximate surface area is 127 Å². The van der Waals surface area contributed by atoms with Crippen molar-refractivity contribution in [3.63, 3.8) is 0 Å². The van der Waals surface area contributed by atoms with Crippen LogP contribution in [0.25, 0.3) is 0 Å². The van der Waals surface area contributed by atoms with E-state index in [1.807, 2.05) is 0 Å². The van der Waals surface area contributed by atoms with Gasteiger partial charge in [0.05, 0.1) is 12.2 Å². The lowest BCUT2D eigenvalue weighted by atomic mass is 10.1. The predicted molar refractivity (Wildman–Crippen MR) is 82.2 cm³/mol. The summed E-state index contributed by atoms with van der Waals surface area (Å²) in [7, 11) is 0. The van der Waals surface area contributed by atoms with Crippen LogP contribution in [0.2, 0.25) is 0 Å². The molecular formula is C17H28N2O2. The number of likely N-dealkylation sites (tertiary alicyclic amines) is 1. The molecule has 21 heavy (non-hydrogen) atoms. The van der Waals surface area contributed by atoms with E-state index < -0.39 is 0 Å². The summed E-state index contributed by atoms with van der Waals surface area (Å²) in [6, 6.07) is 0.726. The molecule has 2 unspecified atom stereocenters. The zero-order valence-corrected chi connectivity index (χ0v) is 13.0. The summed E-state index contributed by atoms with van der Waals surface area (Å²) in [6.07, 6.45) is 9.42. The van der Waals surface area contributed by atoms with Gasteiger partial charge in [-0.3, -0.25) is 4.90 Å². The minimum Gasteiger partial charge on any atom is -0.386 e. The molecule has 0 aromatic heterocycles. The molecule has 4 heteroatoms. The van der Waals surface area contributed by atoms with Gasteiger partial charge in [-0.15, -0.1) is 0 Å². The number of nitrogens with zero attached hydrogens (tertiary/aromatic N) is 1. The second-order valence-electron chi connectivity index (χ2n) is 6.96. The van der Waals surface area contributed by atoms with Crippen LogP contribution in [0.1, 0.15) is 44.9 Å². The zero-order chi connectivity index (χ0) is 14.1. The molecule has 0 saturated carbocycles. The van der Waals surface area contributed by atoms with Gasteiger partial charge in [0.25, 0.3) is 0 Å². The molecule has 3 atom stereocenters. The van der Waals surface area contributed by atoms with E-state index in [9.17, 15) is 0 Å². The van der Waals surface area contributed by atoms with Crippen molar-refractivity contribution in [1.82, 2.24) is 10.2 Å². The van der Waals surface area contributed by atoms with Crippen molar-refractivity contribution in [1.29, 1.82) is 0 Å². The van der Waals surface area contributed by atoms with E-state index in [2.05, 4.69) is 10.2 Å². The first-order chi connectivity index (χ1) is 10.4. The van der Waals surface area contributed by atoms with Gasteiger partial charge < -0.3 is 14.8 Å². The van der Waals surface area contributed by atoms with Crippen molar-refractivity contribution < 1.29 is 9.47 Å². The van der Waals surface area contributed by atoms with Crippen LogP contribution < -0.4 is 5.32 Å². The van der Waals surface area contributed by atoms with Gasteiger partial charge >= 0.3 is 0 Å². The minimum absolute atomic E-state index is 0.366. The number of hydrogen-bond donors (Lipinski definition) is 1. The van der Waals surface area contributed by atoms with Gasteiger partial charge in [-0.2, -0.15) is 0 Å². The Balaban J connectivity index is 1.30. The molecule has 0 amide bonds. The lowest BCUT2D eigenvalue weighted by Gasteiger charge is -2.27. The van der Waals surface area contributed by atoms with Crippen LogP contribution in [-0.4, -0.2) is 56.0 Å². The van der Waals surface area contributed by atoms with E-state index in [0.29, 0.717) is 12.2 Å². The van der Waals surface area contributed by atoms with Crippen LogP contribution in [0.4, 0.5) is 0 Å². The zero-order valence-electron chi connectivity index (χ0n) is 13.0. The highest BCUT2D eigenvalue weighted by molar-refractivity contribution is 5.27. The monoisotopic (exact) mass is 292 g/mol. The van der Waals surface area contributed by atoms with Crippen molar-refractivity contribution in [2.45, 2.75) is 63.2 Å². The molecule has 118 valence electrons.